The first-order valence-corrected chi connectivity index (χ1v) is 13.4. The van der Waals surface area contributed by atoms with Crippen LogP contribution in [0.4, 0.5) is 5.82 Å². The van der Waals surface area contributed by atoms with Crippen molar-refractivity contribution in [2.24, 2.45) is 11.8 Å². The van der Waals surface area contributed by atoms with Gasteiger partial charge in [0, 0.05) is 55.5 Å². The predicted molar refractivity (Wildman–Crippen MR) is 145 cm³/mol. The van der Waals surface area contributed by atoms with E-state index in [2.05, 4.69) is 43.0 Å². The Morgan fingerprint density at radius 3 is 2.69 bits per heavy atom. The number of nitrogens with one attached hydrogen (secondary N) is 1. The van der Waals surface area contributed by atoms with Crippen LogP contribution in [0.2, 0.25) is 5.02 Å². The zero-order chi connectivity index (χ0) is 26.9. The third kappa shape index (κ3) is 5.24. The van der Waals surface area contributed by atoms with Gasteiger partial charge >= 0.3 is 0 Å². The van der Waals surface area contributed by atoms with Gasteiger partial charge in [-0.3, -0.25) is 9.48 Å². The molecule has 3 atom stereocenters. The van der Waals surface area contributed by atoms with Crippen molar-refractivity contribution in [3.8, 4) is 5.69 Å². The third-order valence-corrected chi connectivity index (χ3v) is 8.06. The molecule has 1 saturated heterocycles. The second-order valence-corrected chi connectivity index (χ2v) is 10.7. The summed E-state index contributed by atoms with van der Waals surface area (Å²) in [6.07, 6.45) is 7.65. The average Bonchev–Trinajstić information content (AvgIpc) is 3.68. The van der Waals surface area contributed by atoms with Crippen molar-refractivity contribution >= 4 is 23.3 Å². The quantitative estimate of drug-likeness (QED) is 0.358. The Balaban J connectivity index is 1.09. The van der Waals surface area contributed by atoms with Gasteiger partial charge in [-0.25, -0.2) is 9.67 Å². The standard InChI is InChI=1S/C27H30ClN9O2/c1-17-18(5-8-25(32-17)35-12-19-3-4-20(13-35)26(19)39-2)14-36-15-22(11-31-36)27(38)29-10-21-9-23(28)6-7-24(21)37-16-30-33-34-37/h5-9,11,15-16,19-20,26H,3-4,10,12-14H2,1-2H3,(H,29,38)/t19-,20?,26+/m1/s1. The number of nitrogens with zero attached hydrogens (tertiary/aromatic N) is 8. The minimum absolute atomic E-state index is 0.233. The van der Waals surface area contributed by atoms with Crippen molar-refractivity contribution in [2.45, 2.75) is 39.0 Å². The second kappa shape index (κ2) is 10.7. The van der Waals surface area contributed by atoms with Crippen LogP contribution in [0, 0.1) is 18.8 Å². The first-order valence-electron chi connectivity index (χ1n) is 13.0. The molecule has 0 spiro atoms. The fourth-order valence-corrected chi connectivity index (χ4v) is 6.07. The van der Waals surface area contributed by atoms with Crippen molar-refractivity contribution in [3.05, 3.63) is 76.5 Å². The largest absolute Gasteiger partial charge is 0.381 e. The number of anilines is 1. The van der Waals surface area contributed by atoms with Gasteiger partial charge in [0.1, 0.15) is 12.1 Å². The van der Waals surface area contributed by atoms with Crippen molar-refractivity contribution in [1.29, 1.82) is 0 Å². The number of hydrogen-bond acceptors (Lipinski definition) is 8. The molecule has 2 aliphatic rings. The van der Waals surface area contributed by atoms with E-state index in [-0.39, 0.29) is 12.5 Å². The van der Waals surface area contributed by atoms with E-state index >= 15 is 0 Å². The maximum atomic E-state index is 12.9. The number of amides is 1. The third-order valence-electron chi connectivity index (χ3n) is 7.83. The van der Waals surface area contributed by atoms with Crippen LogP contribution in [0.3, 0.4) is 0 Å². The van der Waals surface area contributed by atoms with Gasteiger partial charge in [0.25, 0.3) is 5.91 Å². The molecule has 1 unspecified atom stereocenters. The summed E-state index contributed by atoms with van der Waals surface area (Å²) in [5, 5.41) is 19.2. The topological polar surface area (TPSA) is 116 Å². The fourth-order valence-electron chi connectivity index (χ4n) is 5.87. The van der Waals surface area contributed by atoms with E-state index in [1.165, 1.54) is 23.9 Å². The first kappa shape index (κ1) is 25.4. The summed E-state index contributed by atoms with van der Waals surface area (Å²) in [6.45, 7) is 4.80. The summed E-state index contributed by atoms with van der Waals surface area (Å²) < 4.78 is 9.04. The minimum atomic E-state index is -0.233. The van der Waals surface area contributed by atoms with Gasteiger partial charge in [0.05, 0.1) is 30.1 Å². The van der Waals surface area contributed by atoms with Crippen LogP contribution in [0.5, 0.6) is 0 Å². The number of aromatic nitrogens is 7. The van der Waals surface area contributed by atoms with Crippen molar-refractivity contribution < 1.29 is 9.53 Å². The van der Waals surface area contributed by atoms with E-state index < -0.39 is 0 Å². The Morgan fingerprint density at radius 1 is 1.15 bits per heavy atom. The summed E-state index contributed by atoms with van der Waals surface area (Å²) >= 11 is 6.18. The second-order valence-electron chi connectivity index (χ2n) is 10.3. The zero-order valence-corrected chi connectivity index (χ0v) is 22.6. The van der Waals surface area contributed by atoms with Gasteiger partial charge in [-0.1, -0.05) is 17.7 Å². The highest BCUT2D eigenvalue weighted by atomic mass is 35.5. The van der Waals surface area contributed by atoms with Crippen LogP contribution in [-0.4, -0.2) is 67.2 Å². The molecule has 202 valence electrons. The summed E-state index contributed by atoms with van der Waals surface area (Å²) in [7, 11) is 1.83. The molecular weight excluding hydrogens is 518 g/mol. The average molecular weight is 548 g/mol. The molecule has 12 heteroatoms. The summed E-state index contributed by atoms with van der Waals surface area (Å²) in [5.41, 5.74) is 4.03. The van der Waals surface area contributed by atoms with Crippen LogP contribution in [-0.2, 0) is 17.8 Å². The number of halogens is 1. The zero-order valence-electron chi connectivity index (χ0n) is 21.9. The number of piperidine rings is 1. The molecule has 1 aliphatic carbocycles. The molecule has 2 fully saturated rings. The van der Waals surface area contributed by atoms with Crippen molar-refractivity contribution in [1.82, 2.24) is 40.3 Å². The number of aryl methyl sites for hydroxylation is 1. The predicted octanol–water partition coefficient (Wildman–Crippen LogP) is 3.06. The van der Waals surface area contributed by atoms with E-state index in [1.807, 2.05) is 20.1 Å². The lowest BCUT2D eigenvalue weighted by atomic mass is 9.95. The first-order chi connectivity index (χ1) is 19.0. The number of ether oxygens (including phenoxy) is 1. The smallest absolute Gasteiger partial charge is 0.254 e. The molecule has 4 aromatic rings. The number of hydrogen-bond donors (Lipinski definition) is 1. The van der Waals surface area contributed by atoms with Crippen LogP contribution in [0.25, 0.3) is 5.69 Å². The number of carbonyl (C=O) groups is 1. The van der Waals surface area contributed by atoms with Gasteiger partial charge in [-0.15, -0.1) is 5.10 Å². The monoisotopic (exact) mass is 547 g/mol. The molecule has 3 aromatic heterocycles. The highest BCUT2D eigenvalue weighted by molar-refractivity contribution is 6.30. The lowest BCUT2D eigenvalue weighted by molar-refractivity contribution is 0.0294. The Bertz CT molecular complexity index is 1460. The molecule has 1 aromatic carbocycles. The van der Waals surface area contributed by atoms with Crippen LogP contribution in [0.15, 0.2) is 49.1 Å². The molecule has 0 radical (unpaired) electrons. The van der Waals surface area contributed by atoms with E-state index in [4.69, 9.17) is 21.3 Å². The minimum Gasteiger partial charge on any atom is -0.381 e. The van der Waals surface area contributed by atoms with Crippen molar-refractivity contribution in [3.63, 3.8) is 0 Å². The Labute approximate surface area is 231 Å². The molecular formula is C27H30ClN9O2. The highest BCUT2D eigenvalue weighted by Crippen LogP contribution is 2.39. The van der Waals surface area contributed by atoms with Gasteiger partial charge in [-0.2, -0.15) is 5.10 Å². The van der Waals surface area contributed by atoms with E-state index in [9.17, 15) is 4.79 Å². The lowest BCUT2D eigenvalue weighted by Gasteiger charge is -2.38. The fraction of sp³-hybridized carbons (Fsp3) is 0.407. The summed E-state index contributed by atoms with van der Waals surface area (Å²) in [5.74, 6) is 1.94. The summed E-state index contributed by atoms with van der Waals surface area (Å²) in [4.78, 5) is 20.2. The molecule has 1 N–H and O–H groups in total. The van der Waals surface area contributed by atoms with Crippen LogP contribution in [0.1, 0.15) is 40.0 Å². The molecule has 1 saturated carbocycles. The highest BCUT2D eigenvalue weighted by Gasteiger charge is 2.42. The lowest BCUT2D eigenvalue weighted by Crippen LogP contribution is -2.46. The Hall–Kier alpha value is -3.83. The van der Waals surface area contributed by atoms with E-state index in [1.54, 1.807) is 29.2 Å². The Morgan fingerprint density at radius 2 is 1.97 bits per heavy atom. The molecule has 2 bridgehead atoms. The number of carbonyl (C=O) groups excluding carboxylic acids is 1. The molecule has 4 heterocycles. The van der Waals surface area contributed by atoms with E-state index in [0.29, 0.717) is 35.1 Å². The van der Waals surface area contributed by atoms with Crippen molar-refractivity contribution in [2.75, 3.05) is 25.1 Å². The summed E-state index contributed by atoms with van der Waals surface area (Å²) in [6, 6.07) is 9.56. The Kier molecular flexibility index (Phi) is 7.01. The van der Waals surface area contributed by atoms with Crippen LogP contribution < -0.4 is 10.2 Å². The number of fused-ring (bicyclic) bond motifs is 2. The number of rotatable bonds is 8. The number of pyridine rings is 1. The maximum absolute atomic E-state index is 12.9. The van der Waals surface area contributed by atoms with E-state index in [0.717, 1.165) is 41.4 Å². The number of tetrazole rings is 1. The van der Waals surface area contributed by atoms with Gasteiger partial charge < -0.3 is 15.0 Å². The van der Waals surface area contributed by atoms with Gasteiger partial charge in [0.15, 0.2) is 0 Å². The maximum Gasteiger partial charge on any atom is 0.254 e. The molecule has 1 amide bonds. The molecule has 39 heavy (non-hydrogen) atoms. The van der Waals surface area contributed by atoms with Crippen LogP contribution >= 0.6 is 11.6 Å². The number of benzene rings is 1. The molecule has 6 rings (SSSR count). The SMILES string of the molecule is CO[C@@H]1C2CC[C@@H]1CN(c1ccc(Cn3cc(C(=O)NCc4cc(Cl)ccc4-n4cnnn4)cn3)c(C)n1)C2. The van der Waals surface area contributed by atoms with Gasteiger partial charge in [-0.05, 0) is 65.6 Å². The molecule has 1 aliphatic heterocycles. The molecule has 11 nitrogen and oxygen atoms in total. The number of methoxy groups -OCH3 is 1. The normalized spacial score (nSPS) is 20.4. The van der Waals surface area contributed by atoms with Gasteiger partial charge in [0.2, 0.25) is 0 Å².